The fraction of sp³-hybridized carbons (Fsp3) is 0.200. The molecule has 0 saturated heterocycles. The molecule has 0 atom stereocenters. The lowest BCUT2D eigenvalue weighted by atomic mass is 10.1. The molecule has 21 heavy (non-hydrogen) atoms. The van der Waals surface area contributed by atoms with Crippen LogP contribution in [0.25, 0.3) is 0 Å². The number of hydrogen-bond donors (Lipinski definition) is 1. The smallest absolute Gasteiger partial charge is 0.380 e. The number of para-hydroxylation sites is 1. The Morgan fingerprint density at radius 3 is 2.48 bits per heavy atom. The second kappa shape index (κ2) is 6.39. The Morgan fingerprint density at radius 2 is 1.81 bits per heavy atom. The molecule has 1 N–H and O–H groups in total. The lowest BCUT2D eigenvalue weighted by Gasteiger charge is -2.13. The third kappa shape index (κ3) is 4.67. The van der Waals surface area contributed by atoms with Crippen molar-refractivity contribution in [2.75, 3.05) is 5.32 Å². The normalized spacial score (nSPS) is 11.5. The van der Waals surface area contributed by atoms with Gasteiger partial charge in [-0.3, -0.25) is 0 Å². The van der Waals surface area contributed by atoms with Crippen LogP contribution in [0.1, 0.15) is 11.1 Å². The number of halogens is 4. The molecular formula is C15H13F4NS. The summed E-state index contributed by atoms with van der Waals surface area (Å²) in [6, 6.07) is 10.8. The van der Waals surface area contributed by atoms with Crippen LogP contribution in [0.3, 0.4) is 0 Å². The maximum Gasteiger partial charge on any atom is 0.446 e. The van der Waals surface area contributed by atoms with Gasteiger partial charge < -0.3 is 5.32 Å². The van der Waals surface area contributed by atoms with E-state index < -0.39 is 5.51 Å². The average Bonchev–Trinajstić information content (AvgIpc) is 2.40. The molecule has 112 valence electrons. The summed E-state index contributed by atoms with van der Waals surface area (Å²) in [7, 11) is 0. The highest BCUT2D eigenvalue weighted by Crippen LogP contribution is 2.40. The van der Waals surface area contributed by atoms with Crippen molar-refractivity contribution in [3.63, 3.8) is 0 Å². The van der Waals surface area contributed by atoms with Gasteiger partial charge in [0.1, 0.15) is 5.82 Å². The molecule has 0 spiro atoms. The SMILES string of the molecule is Cc1cc(CNc2ccccc2SC(F)(F)F)ccc1F. The van der Waals surface area contributed by atoms with Crippen LogP contribution in [-0.4, -0.2) is 5.51 Å². The maximum absolute atomic E-state index is 13.2. The van der Waals surface area contributed by atoms with Gasteiger partial charge in [0.05, 0.1) is 0 Å². The van der Waals surface area contributed by atoms with Crippen molar-refractivity contribution >= 4 is 17.4 Å². The number of anilines is 1. The Morgan fingerprint density at radius 1 is 1.10 bits per heavy atom. The Hall–Kier alpha value is -1.69. The predicted octanol–water partition coefficient (Wildman–Crippen LogP) is 5.36. The van der Waals surface area contributed by atoms with Gasteiger partial charge in [-0.15, -0.1) is 0 Å². The van der Waals surface area contributed by atoms with Crippen molar-refractivity contribution in [1.29, 1.82) is 0 Å². The zero-order chi connectivity index (χ0) is 15.5. The molecule has 0 unspecified atom stereocenters. The van der Waals surface area contributed by atoms with E-state index in [-0.39, 0.29) is 22.5 Å². The van der Waals surface area contributed by atoms with Crippen LogP contribution in [0.15, 0.2) is 47.4 Å². The summed E-state index contributed by atoms with van der Waals surface area (Å²) < 4.78 is 50.6. The van der Waals surface area contributed by atoms with Crippen LogP contribution in [0.2, 0.25) is 0 Å². The molecule has 0 aromatic heterocycles. The van der Waals surface area contributed by atoms with Crippen molar-refractivity contribution in [1.82, 2.24) is 0 Å². The largest absolute Gasteiger partial charge is 0.446 e. The minimum absolute atomic E-state index is 0.115. The first kappa shape index (κ1) is 15.7. The Labute approximate surface area is 124 Å². The Balaban J connectivity index is 2.11. The quantitative estimate of drug-likeness (QED) is 0.602. The molecule has 1 nitrogen and oxygen atoms in total. The fourth-order valence-corrected chi connectivity index (χ4v) is 2.49. The third-order valence-electron chi connectivity index (χ3n) is 2.82. The Kier molecular flexibility index (Phi) is 4.77. The van der Waals surface area contributed by atoms with Crippen LogP contribution < -0.4 is 5.32 Å². The number of hydrogen-bond acceptors (Lipinski definition) is 2. The first-order chi connectivity index (χ1) is 9.85. The van der Waals surface area contributed by atoms with Gasteiger partial charge in [0.15, 0.2) is 0 Å². The lowest BCUT2D eigenvalue weighted by Crippen LogP contribution is -2.04. The van der Waals surface area contributed by atoms with Gasteiger partial charge in [-0.2, -0.15) is 13.2 Å². The minimum atomic E-state index is -4.33. The van der Waals surface area contributed by atoms with Crippen molar-refractivity contribution in [2.45, 2.75) is 23.9 Å². The van der Waals surface area contributed by atoms with Crippen LogP contribution in [0, 0.1) is 12.7 Å². The highest BCUT2D eigenvalue weighted by atomic mass is 32.2. The van der Waals surface area contributed by atoms with E-state index in [4.69, 9.17) is 0 Å². The summed E-state index contributed by atoms with van der Waals surface area (Å²) >= 11 is -0.154. The summed E-state index contributed by atoms with van der Waals surface area (Å²) in [6.45, 7) is 1.98. The summed E-state index contributed by atoms with van der Waals surface area (Å²) in [5.74, 6) is -0.299. The zero-order valence-corrected chi connectivity index (χ0v) is 12.0. The van der Waals surface area contributed by atoms with Crippen LogP contribution in [0.5, 0.6) is 0 Å². The van der Waals surface area contributed by atoms with Gasteiger partial charge in [0, 0.05) is 17.1 Å². The van der Waals surface area contributed by atoms with Gasteiger partial charge >= 0.3 is 5.51 Å². The van der Waals surface area contributed by atoms with Gasteiger partial charge in [0.25, 0.3) is 0 Å². The van der Waals surface area contributed by atoms with Crippen molar-refractivity contribution in [2.24, 2.45) is 0 Å². The third-order valence-corrected chi connectivity index (χ3v) is 3.63. The predicted molar refractivity (Wildman–Crippen MR) is 76.8 cm³/mol. The fourth-order valence-electron chi connectivity index (χ4n) is 1.84. The van der Waals surface area contributed by atoms with Crippen LogP contribution in [0.4, 0.5) is 23.2 Å². The summed E-state index contributed by atoms with van der Waals surface area (Å²) in [6.07, 6.45) is 0. The van der Waals surface area contributed by atoms with Gasteiger partial charge in [-0.05, 0) is 48.0 Å². The van der Waals surface area contributed by atoms with Crippen LogP contribution in [-0.2, 0) is 6.54 Å². The standard InChI is InChI=1S/C15H13F4NS/c1-10-8-11(6-7-12(10)16)9-20-13-4-2-3-5-14(13)21-15(17,18)19/h2-8,20H,9H2,1H3. The first-order valence-electron chi connectivity index (χ1n) is 6.19. The molecule has 0 bridgehead atoms. The van der Waals surface area contributed by atoms with E-state index in [1.807, 2.05) is 0 Å². The van der Waals surface area contributed by atoms with Gasteiger partial charge in [0.2, 0.25) is 0 Å². The van der Waals surface area contributed by atoms with E-state index >= 15 is 0 Å². The van der Waals surface area contributed by atoms with Gasteiger partial charge in [-0.25, -0.2) is 4.39 Å². The van der Waals surface area contributed by atoms with E-state index in [9.17, 15) is 17.6 Å². The number of rotatable bonds is 4. The number of benzene rings is 2. The molecule has 2 aromatic rings. The number of nitrogens with one attached hydrogen (secondary N) is 1. The number of alkyl halides is 3. The molecule has 0 aliphatic rings. The minimum Gasteiger partial charge on any atom is -0.380 e. The Bertz CT molecular complexity index is 625. The highest BCUT2D eigenvalue weighted by Gasteiger charge is 2.30. The van der Waals surface area contributed by atoms with Crippen molar-refractivity contribution in [3.8, 4) is 0 Å². The highest BCUT2D eigenvalue weighted by molar-refractivity contribution is 8.00. The molecule has 0 saturated carbocycles. The number of thioether (sulfide) groups is 1. The monoisotopic (exact) mass is 315 g/mol. The number of aryl methyl sites for hydroxylation is 1. The molecular weight excluding hydrogens is 302 g/mol. The lowest BCUT2D eigenvalue weighted by molar-refractivity contribution is -0.0327. The van der Waals surface area contributed by atoms with E-state index in [1.54, 1.807) is 37.3 Å². The maximum atomic E-state index is 13.2. The summed E-state index contributed by atoms with van der Waals surface area (Å²) in [5, 5.41) is 2.96. The summed E-state index contributed by atoms with van der Waals surface area (Å²) in [4.78, 5) is 0.115. The molecule has 0 amide bonds. The van der Waals surface area contributed by atoms with Crippen LogP contribution >= 0.6 is 11.8 Å². The summed E-state index contributed by atoms with van der Waals surface area (Å²) in [5.41, 5.74) is -2.61. The molecule has 0 aliphatic carbocycles. The van der Waals surface area contributed by atoms with Crippen molar-refractivity contribution in [3.05, 3.63) is 59.4 Å². The zero-order valence-electron chi connectivity index (χ0n) is 11.2. The van der Waals surface area contributed by atoms with Crippen molar-refractivity contribution < 1.29 is 17.6 Å². The topological polar surface area (TPSA) is 12.0 Å². The van der Waals surface area contributed by atoms with E-state index in [2.05, 4.69) is 5.32 Å². The average molecular weight is 315 g/mol. The van der Waals surface area contributed by atoms with E-state index in [0.717, 1.165) is 5.56 Å². The second-order valence-corrected chi connectivity index (χ2v) is 5.59. The molecule has 2 rings (SSSR count). The van der Waals surface area contributed by atoms with Gasteiger partial charge in [-0.1, -0.05) is 24.3 Å². The first-order valence-corrected chi connectivity index (χ1v) is 7.00. The van der Waals surface area contributed by atoms with E-state index in [0.29, 0.717) is 17.8 Å². The molecule has 0 heterocycles. The second-order valence-electron chi connectivity index (χ2n) is 4.48. The van der Waals surface area contributed by atoms with E-state index in [1.165, 1.54) is 12.1 Å². The molecule has 6 heteroatoms. The molecule has 2 aromatic carbocycles. The molecule has 0 radical (unpaired) electrons. The molecule has 0 aliphatic heterocycles. The molecule has 0 fully saturated rings.